The summed E-state index contributed by atoms with van der Waals surface area (Å²) in [5.74, 6) is -0.00515. The number of carbonyl (C=O) groups is 3. The standard InChI is InChI=1S/C39H41ClN2O4/c1-24-11-14-27(17-29(24)40)41-34(45)23-46-28-15-12-26(13-16-28)35-36-30(18-38(2,3)20-32(36)43)42(22-25-9-7-6-8-10-25)31-19-39(4,5)21-33(44)37(31)35/h6-17,35H,18-23H2,1-5H3,(H,41,45). The fraction of sp³-hybridized carbons (Fsp3) is 0.359. The Morgan fingerprint density at radius 2 is 1.43 bits per heavy atom. The molecule has 6 nitrogen and oxygen atoms in total. The van der Waals surface area contributed by atoms with Crippen LogP contribution >= 0.6 is 11.6 Å². The predicted molar refractivity (Wildman–Crippen MR) is 182 cm³/mol. The number of ketones is 2. The molecule has 1 aliphatic heterocycles. The topological polar surface area (TPSA) is 75.7 Å². The summed E-state index contributed by atoms with van der Waals surface area (Å²) in [6, 6.07) is 23.1. The van der Waals surface area contributed by atoms with Gasteiger partial charge in [-0.3, -0.25) is 14.4 Å². The van der Waals surface area contributed by atoms with Gasteiger partial charge in [0.1, 0.15) is 5.75 Å². The summed E-state index contributed by atoms with van der Waals surface area (Å²) in [7, 11) is 0. The molecule has 0 unspecified atom stereocenters. The maximum absolute atomic E-state index is 14.1. The van der Waals surface area contributed by atoms with E-state index in [1.165, 1.54) is 0 Å². The number of amides is 1. The highest BCUT2D eigenvalue weighted by Crippen LogP contribution is 2.54. The van der Waals surface area contributed by atoms with E-state index in [1.807, 2.05) is 55.5 Å². The molecular formula is C39H41ClN2O4. The number of aryl methyl sites for hydroxylation is 1. The molecule has 0 radical (unpaired) electrons. The molecule has 2 aliphatic carbocycles. The molecule has 6 rings (SSSR count). The Kier molecular flexibility index (Phi) is 8.45. The second-order valence-electron chi connectivity index (χ2n) is 14.5. The quantitative estimate of drug-likeness (QED) is 0.281. The van der Waals surface area contributed by atoms with Gasteiger partial charge >= 0.3 is 0 Å². The molecule has 238 valence electrons. The maximum Gasteiger partial charge on any atom is 0.262 e. The zero-order chi connectivity index (χ0) is 32.8. The van der Waals surface area contributed by atoms with Gasteiger partial charge in [0.2, 0.25) is 0 Å². The Bertz CT molecular complexity index is 1720. The second kappa shape index (κ2) is 12.2. The summed E-state index contributed by atoms with van der Waals surface area (Å²) >= 11 is 6.19. The number of carbonyl (C=O) groups excluding carboxylic acids is 3. The van der Waals surface area contributed by atoms with E-state index in [1.54, 1.807) is 12.1 Å². The number of hydrogen-bond donors (Lipinski definition) is 1. The summed E-state index contributed by atoms with van der Waals surface area (Å²) < 4.78 is 5.82. The molecule has 3 aromatic rings. The van der Waals surface area contributed by atoms with Crippen LogP contribution in [0.2, 0.25) is 5.02 Å². The molecule has 1 amide bonds. The van der Waals surface area contributed by atoms with Gasteiger partial charge in [-0.15, -0.1) is 0 Å². The maximum atomic E-state index is 14.1. The van der Waals surface area contributed by atoms with Crippen molar-refractivity contribution in [2.24, 2.45) is 10.8 Å². The lowest BCUT2D eigenvalue weighted by Crippen LogP contribution is -2.44. The number of rotatable bonds is 7. The Balaban J connectivity index is 1.33. The minimum atomic E-state index is -0.437. The van der Waals surface area contributed by atoms with Crippen molar-refractivity contribution in [3.8, 4) is 5.75 Å². The third-order valence-corrected chi connectivity index (χ3v) is 9.65. The SMILES string of the molecule is Cc1ccc(NC(=O)COc2ccc(C3C4=C(CC(C)(C)CC4=O)N(Cc4ccccc4)C4=C3C(=O)CC(C)(C)C4)cc2)cc1Cl. The van der Waals surface area contributed by atoms with Gasteiger partial charge in [-0.05, 0) is 71.6 Å². The van der Waals surface area contributed by atoms with Crippen molar-refractivity contribution in [2.45, 2.75) is 72.8 Å². The summed E-state index contributed by atoms with van der Waals surface area (Å²) in [6.07, 6.45) is 2.38. The highest BCUT2D eigenvalue weighted by molar-refractivity contribution is 6.31. The molecule has 0 spiro atoms. The first-order valence-electron chi connectivity index (χ1n) is 15.9. The van der Waals surface area contributed by atoms with Gasteiger partial charge in [-0.1, -0.05) is 87.8 Å². The van der Waals surface area contributed by atoms with Crippen molar-refractivity contribution in [3.63, 3.8) is 0 Å². The van der Waals surface area contributed by atoms with Crippen LogP contribution in [0.3, 0.4) is 0 Å². The Labute approximate surface area is 276 Å². The lowest BCUT2D eigenvalue weighted by atomic mass is 9.63. The monoisotopic (exact) mass is 636 g/mol. The number of nitrogens with zero attached hydrogens (tertiary/aromatic N) is 1. The molecule has 7 heteroatoms. The fourth-order valence-electron chi connectivity index (χ4n) is 7.11. The first kappa shape index (κ1) is 31.8. The average Bonchev–Trinajstić information content (AvgIpc) is 2.98. The Morgan fingerprint density at radius 1 is 0.848 bits per heavy atom. The van der Waals surface area contributed by atoms with Crippen molar-refractivity contribution >= 4 is 34.8 Å². The molecule has 0 saturated heterocycles. The van der Waals surface area contributed by atoms with Crippen LogP contribution in [-0.4, -0.2) is 29.0 Å². The third-order valence-electron chi connectivity index (χ3n) is 9.24. The van der Waals surface area contributed by atoms with E-state index in [0.717, 1.165) is 52.1 Å². The van der Waals surface area contributed by atoms with Crippen LogP contribution in [0.5, 0.6) is 5.75 Å². The van der Waals surface area contributed by atoms with Gasteiger partial charge in [0.15, 0.2) is 18.2 Å². The van der Waals surface area contributed by atoms with Gasteiger partial charge in [-0.25, -0.2) is 0 Å². The Morgan fingerprint density at radius 3 is 2.00 bits per heavy atom. The molecule has 3 aliphatic rings. The van der Waals surface area contributed by atoms with Gasteiger partial charge in [0.25, 0.3) is 5.91 Å². The summed E-state index contributed by atoms with van der Waals surface area (Å²) in [5, 5.41) is 3.39. The summed E-state index contributed by atoms with van der Waals surface area (Å²) in [6.45, 7) is 11.0. The largest absolute Gasteiger partial charge is 0.484 e. The van der Waals surface area contributed by atoms with Gasteiger partial charge < -0.3 is 15.0 Å². The lowest BCUT2D eigenvalue weighted by molar-refractivity contribution is -0.120. The van der Waals surface area contributed by atoms with E-state index in [2.05, 4.69) is 50.0 Å². The van der Waals surface area contributed by atoms with Crippen LogP contribution in [0, 0.1) is 17.8 Å². The second-order valence-corrected chi connectivity index (χ2v) is 14.9. The van der Waals surface area contributed by atoms with Gasteiger partial charge in [0.05, 0.1) is 0 Å². The zero-order valence-corrected chi connectivity index (χ0v) is 28.0. The number of Topliss-reactive ketones (excluding diaryl/α,β-unsaturated/α-hetero) is 2. The number of benzene rings is 3. The van der Waals surface area contributed by atoms with Crippen molar-refractivity contribution in [1.29, 1.82) is 0 Å². The van der Waals surface area contributed by atoms with E-state index in [-0.39, 0.29) is 34.9 Å². The van der Waals surface area contributed by atoms with Crippen molar-refractivity contribution < 1.29 is 19.1 Å². The van der Waals surface area contributed by atoms with E-state index in [0.29, 0.717) is 35.8 Å². The minimum Gasteiger partial charge on any atom is -0.484 e. The van der Waals surface area contributed by atoms with Crippen LogP contribution < -0.4 is 10.1 Å². The summed E-state index contributed by atoms with van der Waals surface area (Å²) in [5.41, 5.74) is 6.73. The molecule has 0 atom stereocenters. The van der Waals surface area contributed by atoms with Crippen LogP contribution in [0.25, 0.3) is 0 Å². The van der Waals surface area contributed by atoms with Crippen molar-refractivity contribution in [1.82, 2.24) is 4.90 Å². The molecule has 0 fully saturated rings. The minimum absolute atomic E-state index is 0.103. The molecule has 1 heterocycles. The highest BCUT2D eigenvalue weighted by atomic mass is 35.5. The van der Waals surface area contributed by atoms with E-state index in [9.17, 15) is 14.4 Å². The van der Waals surface area contributed by atoms with Crippen LogP contribution in [-0.2, 0) is 20.9 Å². The molecule has 3 aromatic carbocycles. The number of anilines is 1. The van der Waals surface area contributed by atoms with Gasteiger partial charge in [0, 0.05) is 58.6 Å². The normalized spacial score (nSPS) is 19.1. The van der Waals surface area contributed by atoms with Crippen LogP contribution in [0.1, 0.15) is 76.0 Å². The molecular weight excluding hydrogens is 596 g/mol. The Hall–Kier alpha value is -4.16. The molecule has 46 heavy (non-hydrogen) atoms. The first-order chi connectivity index (χ1) is 21.8. The molecule has 0 bridgehead atoms. The van der Waals surface area contributed by atoms with E-state index in [4.69, 9.17) is 16.3 Å². The average molecular weight is 637 g/mol. The molecule has 1 N–H and O–H groups in total. The number of nitrogens with one attached hydrogen (secondary N) is 1. The fourth-order valence-corrected chi connectivity index (χ4v) is 7.29. The lowest BCUT2D eigenvalue weighted by Gasteiger charge is -2.49. The number of halogens is 1. The molecule has 0 aromatic heterocycles. The van der Waals surface area contributed by atoms with Crippen molar-refractivity contribution in [3.05, 3.63) is 117 Å². The smallest absolute Gasteiger partial charge is 0.262 e. The number of hydrogen-bond acceptors (Lipinski definition) is 5. The third kappa shape index (κ3) is 6.54. The highest BCUT2D eigenvalue weighted by Gasteiger charge is 2.48. The van der Waals surface area contributed by atoms with Gasteiger partial charge in [-0.2, -0.15) is 0 Å². The van der Waals surface area contributed by atoms with E-state index < -0.39 is 5.92 Å². The summed E-state index contributed by atoms with van der Waals surface area (Å²) in [4.78, 5) is 43.0. The first-order valence-corrected chi connectivity index (χ1v) is 16.3. The number of ether oxygens (including phenoxy) is 1. The van der Waals surface area contributed by atoms with Crippen LogP contribution in [0.15, 0.2) is 95.3 Å². The van der Waals surface area contributed by atoms with Crippen LogP contribution in [0.4, 0.5) is 5.69 Å². The molecule has 0 saturated carbocycles. The predicted octanol–water partition coefficient (Wildman–Crippen LogP) is 8.55. The van der Waals surface area contributed by atoms with E-state index >= 15 is 0 Å². The zero-order valence-electron chi connectivity index (χ0n) is 27.2. The number of allylic oxidation sites excluding steroid dienone is 4. The van der Waals surface area contributed by atoms with Crippen molar-refractivity contribution in [2.75, 3.05) is 11.9 Å².